The van der Waals surface area contributed by atoms with Crippen molar-refractivity contribution in [2.24, 2.45) is 0 Å². The first kappa shape index (κ1) is 14.3. The number of urea groups is 1. The van der Waals surface area contributed by atoms with E-state index in [1.165, 1.54) is 0 Å². The van der Waals surface area contributed by atoms with Gasteiger partial charge in [-0.1, -0.05) is 23.7 Å². The molecule has 0 aliphatic rings. The Morgan fingerprint density at radius 3 is 2.60 bits per heavy atom. The van der Waals surface area contributed by atoms with E-state index in [-0.39, 0.29) is 0 Å². The van der Waals surface area contributed by atoms with Crippen LogP contribution < -0.4 is 10.6 Å². The van der Waals surface area contributed by atoms with Gasteiger partial charge in [-0.25, -0.2) is 14.8 Å². The lowest BCUT2D eigenvalue weighted by Gasteiger charge is -2.10. The van der Waals surface area contributed by atoms with Crippen LogP contribution in [0.3, 0.4) is 0 Å². The summed E-state index contributed by atoms with van der Waals surface area (Å²) in [4.78, 5) is 20.2. The second kappa shape index (κ2) is 5.88. The van der Waals surface area contributed by atoms with E-state index in [0.717, 1.165) is 5.56 Å². The summed E-state index contributed by atoms with van der Waals surface area (Å²) in [7, 11) is 0. The lowest BCUT2D eigenvalue weighted by molar-refractivity contribution is 0.262. The highest BCUT2D eigenvalue weighted by Crippen LogP contribution is 2.22. The van der Waals surface area contributed by atoms with Crippen LogP contribution in [0.2, 0.25) is 5.02 Å². The van der Waals surface area contributed by atoms with Crippen LogP contribution in [0.25, 0.3) is 0 Å². The van der Waals surface area contributed by atoms with Gasteiger partial charge in [0.1, 0.15) is 10.8 Å². The van der Waals surface area contributed by atoms with Crippen molar-refractivity contribution in [1.29, 1.82) is 0 Å². The summed E-state index contributed by atoms with van der Waals surface area (Å²) in [6.07, 6.45) is 0. The number of benzene rings is 1. The fourth-order valence-corrected chi connectivity index (χ4v) is 1.91. The first-order valence-corrected chi connectivity index (χ1v) is 6.49. The van der Waals surface area contributed by atoms with E-state index in [9.17, 15) is 4.79 Å². The third kappa shape index (κ3) is 3.45. The highest BCUT2D eigenvalue weighted by atomic mass is 35.5. The quantitative estimate of drug-likeness (QED) is 0.886. The van der Waals surface area contributed by atoms with Crippen molar-refractivity contribution in [1.82, 2.24) is 9.97 Å². The molecule has 0 spiro atoms. The van der Waals surface area contributed by atoms with Gasteiger partial charge in [0.05, 0.1) is 5.69 Å². The van der Waals surface area contributed by atoms with Crippen LogP contribution in [0, 0.1) is 20.8 Å². The lowest BCUT2D eigenvalue weighted by Crippen LogP contribution is -2.21. The molecule has 0 saturated heterocycles. The summed E-state index contributed by atoms with van der Waals surface area (Å²) in [5.41, 5.74) is 2.40. The van der Waals surface area contributed by atoms with E-state index in [0.29, 0.717) is 28.0 Å². The molecule has 104 valence electrons. The van der Waals surface area contributed by atoms with Gasteiger partial charge in [0.15, 0.2) is 5.82 Å². The molecule has 0 unspecified atom stereocenters. The molecule has 1 aromatic heterocycles. The molecule has 2 amide bonds. The minimum Gasteiger partial charge on any atom is -0.308 e. The number of aromatic nitrogens is 2. The zero-order valence-electron chi connectivity index (χ0n) is 11.5. The molecule has 0 atom stereocenters. The molecule has 0 bridgehead atoms. The number of rotatable bonds is 2. The maximum absolute atomic E-state index is 11.9. The van der Waals surface area contributed by atoms with Crippen molar-refractivity contribution in [3.8, 4) is 0 Å². The first-order valence-electron chi connectivity index (χ1n) is 6.11. The van der Waals surface area contributed by atoms with Gasteiger partial charge in [0.25, 0.3) is 0 Å². The van der Waals surface area contributed by atoms with Gasteiger partial charge in [0, 0.05) is 5.69 Å². The van der Waals surface area contributed by atoms with Crippen molar-refractivity contribution in [2.75, 3.05) is 10.6 Å². The van der Waals surface area contributed by atoms with Gasteiger partial charge >= 0.3 is 6.03 Å². The predicted octanol–water partition coefficient (Wildman–Crippen LogP) is 3.70. The molecule has 1 heterocycles. The molecule has 2 rings (SSSR count). The average molecular weight is 291 g/mol. The van der Waals surface area contributed by atoms with E-state index in [2.05, 4.69) is 20.6 Å². The summed E-state index contributed by atoms with van der Waals surface area (Å²) in [6, 6.07) is 7.12. The zero-order chi connectivity index (χ0) is 14.7. The van der Waals surface area contributed by atoms with Gasteiger partial charge in [-0.2, -0.15) is 0 Å². The average Bonchev–Trinajstić information content (AvgIpc) is 2.35. The number of halogens is 1. The lowest BCUT2D eigenvalue weighted by atomic mass is 10.2. The number of hydrogen-bond donors (Lipinski definition) is 2. The van der Waals surface area contributed by atoms with Crippen molar-refractivity contribution < 1.29 is 4.79 Å². The van der Waals surface area contributed by atoms with Crippen LogP contribution in [0.5, 0.6) is 0 Å². The summed E-state index contributed by atoms with van der Waals surface area (Å²) in [5.74, 6) is 0.861. The van der Waals surface area contributed by atoms with E-state index in [4.69, 9.17) is 11.6 Å². The van der Waals surface area contributed by atoms with E-state index >= 15 is 0 Å². The van der Waals surface area contributed by atoms with Crippen molar-refractivity contribution >= 4 is 29.1 Å². The van der Waals surface area contributed by atoms with Crippen LogP contribution in [0.4, 0.5) is 16.3 Å². The maximum Gasteiger partial charge on any atom is 0.324 e. The van der Waals surface area contributed by atoms with Gasteiger partial charge in [-0.05, 0) is 38.5 Å². The first-order chi connectivity index (χ1) is 9.45. The van der Waals surface area contributed by atoms with Crippen LogP contribution in [-0.4, -0.2) is 16.0 Å². The van der Waals surface area contributed by atoms with Gasteiger partial charge < -0.3 is 5.32 Å². The van der Waals surface area contributed by atoms with Crippen molar-refractivity contribution in [2.45, 2.75) is 20.8 Å². The van der Waals surface area contributed by atoms with Crippen LogP contribution in [-0.2, 0) is 0 Å². The number of anilines is 2. The molecule has 2 N–H and O–H groups in total. The predicted molar refractivity (Wildman–Crippen MR) is 80.3 cm³/mol. The maximum atomic E-state index is 11.9. The molecule has 6 heteroatoms. The number of nitrogens with one attached hydrogen (secondary N) is 2. The molecular formula is C14H15ClN4O. The van der Waals surface area contributed by atoms with Crippen LogP contribution in [0.15, 0.2) is 24.3 Å². The fraction of sp³-hybridized carbons (Fsp3) is 0.214. The molecule has 5 nitrogen and oxygen atoms in total. The van der Waals surface area contributed by atoms with Gasteiger partial charge in [-0.3, -0.25) is 5.32 Å². The Morgan fingerprint density at radius 1 is 1.15 bits per heavy atom. The molecule has 0 saturated carbocycles. The molecule has 2 aromatic rings. The standard InChI is InChI=1S/C14H15ClN4O/c1-8-5-4-6-11(7-8)18-14(20)19-13-12(15)9(2)16-10(3)17-13/h4-7H,1-3H3,(H2,16,17,18,19,20). The highest BCUT2D eigenvalue weighted by molar-refractivity contribution is 6.34. The van der Waals surface area contributed by atoms with Crippen molar-refractivity contribution in [3.63, 3.8) is 0 Å². The van der Waals surface area contributed by atoms with Crippen LogP contribution >= 0.6 is 11.6 Å². The summed E-state index contributed by atoms with van der Waals surface area (Å²) in [5, 5.41) is 5.70. The Hall–Kier alpha value is -2.14. The van der Waals surface area contributed by atoms with Crippen LogP contribution in [0.1, 0.15) is 17.1 Å². The largest absolute Gasteiger partial charge is 0.324 e. The Balaban J connectivity index is 2.12. The topological polar surface area (TPSA) is 66.9 Å². The third-order valence-corrected chi connectivity index (χ3v) is 3.09. The highest BCUT2D eigenvalue weighted by Gasteiger charge is 2.11. The second-order valence-electron chi connectivity index (χ2n) is 4.47. The number of carbonyl (C=O) groups is 1. The molecule has 1 aromatic carbocycles. The Kier molecular flexibility index (Phi) is 4.20. The zero-order valence-corrected chi connectivity index (χ0v) is 12.2. The molecule has 20 heavy (non-hydrogen) atoms. The van der Waals surface area contributed by atoms with Gasteiger partial charge in [0.2, 0.25) is 0 Å². The third-order valence-electron chi connectivity index (χ3n) is 2.64. The molecule has 0 fully saturated rings. The molecule has 0 aliphatic heterocycles. The Labute approximate surface area is 122 Å². The monoisotopic (exact) mass is 290 g/mol. The molecule has 0 aliphatic carbocycles. The number of amides is 2. The minimum atomic E-state index is -0.394. The molecular weight excluding hydrogens is 276 g/mol. The normalized spacial score (nSPS) is 10.2. The van der Waals surface area contributed by atoms with E-state index < -0.39 is 6.03 Å². The Bertz CT molecular complexity index is 658. The fourth-order valence-electron chi connectivity index (χ4n) is 1.77. The molecule has 0 radical (unpaired) electrons. The minimum absolute atomic E-state index is 0.307. The number of carbonyl (C=O) groups excluding carboxylic acids is 1. The van der Waals surface area contributed by atoms with E-state index in [1.54, 1.807) is 13.8 Å². The van der Waals surface area contributed by atoms with Crippen molar-refractivity contribution in [3.05, 3.63) is 46.4 Å². The number of nitrogens with zero attached hydrogens (tertiary/aromatic N) is 2. The summed E-state index contributed by atoms with van der Waals surface area (Å²) >= 11 is 6.07. The number of aryl methyl sites for hydroxylation is 3. The van der Waals surface area contributed by atoms with Gasteiger partial charge in [-0.15, -0.1) is 0 Å². The Morgan fingerprint density at radius 2 is 1.90 bits per heavy atom. The summed E-state index contributed by atoms with van der Waals surface area (Å²) < 4.78 is 0. The smallest absolute Gasteiger partial charge is 0.308 e. The number of hydrogen-bond acceptors (Lipinski definition) is 3. The van der Waals surface area contributed by atoms with E-state index in [1.807, 2.05) is 31.2 Å². The second-order valence-corrected chi connectivity index (χ2v) is 4.85. The summed E-state index contributed by atoms with van der Waals surface area (Å²) in [6.45, 7) is 5.46. The SMILES string of the molecule is Cc1cccc(NC(=O)Nc2nc(C)nc(C)c2Cl)c1.